The third kappa shape index (κ3) is 4.34. The van der Waals surface area contributed by atoms with Gasteiger partial charge in [-0.3, -0.25) is 9.69 Å². The predicted octanol–water partition coefficient (Wildman–Crippen LogP) is 4.15. The van der Waals surface area contributed by atoms with Crippen molar-refractivity contribution in [3.05, 3.63) is 70.6 Å². The van der Waals surface area contributed by atoms with Gasteiger partial charge in [-0.25, -0.2) is 8.78 Å². The van der Waals surface area contributed by atoms with Crippen molar-refractivity contribution in [2.75, 3.05) is 26.2 Å². The van der Waals surface area contributed by atoms with Crippen molar-refractivity contribution >= 4 is 5.91 Å². The second kappa shape index (κ2) is 8.55. The lowest BCUT2D eigenvalue weighted by Crippen LogP contribution is -2.49. The van der Waals surface area contributed by atoms with Gasteiger partial charge in [0.15, 0.2) is 0 Å². The Morgan fingerprint density at radius 2 is 1.74 bits per heavy atom. The Balaban J connectivity index is 1.39. The maximum absolute atomic E-state index is 13.8. The van der Waals surface area contributed by atoms with E-state index >= 15 is 0 Å². The number of nitrogens with zero attached hydrogens (tertiary/aromatic N) is 4. The van der Waals surface area contributed by atoms with Crippen molar-refractivity contribution in [2.45, 2.75) is 26.8 Å². The smallest absolute Gasteiger partial charge is 0.254 e. The zero-order chi connectivity index (χ0) is 22.1. The van der Waals surface area contributed by atoms with Crippen LogP contribution in [0.15, 0.2) is 40.9 Å². The van der Waals surface area contributed by atoms with E-state index in [4.69, 9.17) is 4.52 Å². The molecule has 4 rings (SSSR count). The fourth-order valence-corrected chi connectivity index (χ4v) is 3.68. The van der Waals surface area contributed by atoms with Crippen LogP contribution in [0, 0.1) is 25.5 Å². The molecule has 6 nitrogen and oxygen atoms in total. The highest BCUT2D eigenvalue weighted by atomic mass is 19.1. The first kappa shape index (κ1) is 21.1. The van der Waals surface area contributed by atoms with Gasteiger partial charge in [0.2, 0.25) is 11.7 Å². The number of aromatic nitrogens is 2. The molecule has 2 aromatic carbocycles. The van der Waals surface area contributed by atoms with Crippen LogP contribution in [0.3, 0.4) is 0 Å². The molecule has 162 valence electrons. The SMILES string of the molecule is Cc1cc(-c2noc(C(C)N3CCN(C(=O)c4ccc(C)c(F)c4)CC3)n2)ccc1F. The molecule has 0 N–H and O–H groups in total. The van der Waals surface area contributed by atoms with Crippen LogP contribution in [0.5, 0.6) is 0 Å². The summed E-state index contributed by atoms with van der Waals surface area (Å²) in [6, 6.07) is 9.15. The minimum atomic E-state index is -0.373. The molecule has 0 aliphatic carbocycles. The minimum absolute atomic E-state index is 0.128. The standard InChI is InChI=1S/C23H24F2N4O2/c1-14-4-5-18(13-20(14)25)23(30)29-10-8-28(9-11-29)16(3)22-26-21(27-31-22)17-6-7-19(24)15(2)12-17/h4-7,12-13,16H,8-11H2,1-3H3. The average molecular weight is 426 g/mol. The highest BCUT2D eigenvalue weighted by Crippen LogP contribution is 2.25. The van der Waals surface area contributed by atoms with Crippen molar-refractivity contribution in [3.8, 4) is 11.4 Å². The molecule has 8 heteroatoms. The third-order valence-corrected chi connectivity index (χ3v) is 5.78. The number of amides is 1. The molecule has 2 heterocycles. The summed E-state index contributed by atoms with van der Waals surface area (Å²) < 4.78 is 32.8. The lowest BCUT2D eigenvalue weighted by molar-refractivity contribution is 0.0551. The summed E-state index contributed by atoms with van der Waals surface area (Å²) in [5.41, 5.74) is 2.10. The molecule has 1 aliphatic rings. The number of hydrogen-bond donors (Lipinski definition) is 0. The highest BCUT2D eigenvalue weighted by Gasteiger charge is 2.28. The van der Waals surface area contributed by atoms with Gasteiger partial charge in [-0.1, -0.05) is 11.2 Å². The summed E-state index contributed by atoms with van der Waals surface area (Å²) in [6.45, 7) is 7.65. The van der Waals surface area contributed by atoms with E-state index in [1.54, 1.807) is 43.0 Å². The second-order valence-corrected chi connectivity index (χ2v) is 7.89. The summed E-state index contributed by atoms with van der Waals surface area (Å²) >= 11 is 0. The van der Waals surface area contributed by atoms with Gasteiger partial charge in [0, 0.05) is 37.3 Å². The number of rotatable bonds is 4. The fourth-order valence-electron chi connectivity index (χ4n) is 3.68. The number of piperazine rings is 1. The highest BCUT2D eigenvalue weighted by molar-refractivity contribution is 5.94. The first-order valence-electron chi connectivity index (χ1n) is 10.2. The van der Waals surface area contributed by atoms with Crippen molar-refractivity contribution in [1.29, 1.82) is 0 Å². The Hall–Kier alpha value is -3.13. The number of hydrogen-bond acceptors (Lipinski definition) is 5. The van der Waals surface area contributed by atoms with E-state index in [0.29, 0.717) is 60.1 Å². The molecule has 1 atom stereocenters. The molecule has 1 aliphatic heterocycles. The van der Waals surface area contributed by atoms with Crippen LogP contribution in [0.25, 0.3) is 11.4 Å². The summed E-state index contributed by atoms with van der Waals surface area (Å²) in [7, 11) is 0. The van der Waals surface area contributed by atoms with E-state index in [2.05, 4.69) is 15.0 Å². The fraction of sp³-hybridized carbons (Fsp3) is 0.348. The summed E-state index contributed by atoms with van der Waals surface area (Å²) in [5.74, 6) is 0.0683. The zero-order valence-electron chi connectivity index (χ0n) is 17.7. The van der Waals surface area contributed by atoms with Gasteiger partial charge in [-0.15, -0.1) is 0 Å². The van der Waals surface area contributed by atoms with Crippen molar-refractivity contribution in [3.63, 3.8) is 0 Å². The van der Waals surface area contributed by atoms with Crippen LogP contribution in [0.2, 0.25) is 0 Å². The van der Waals surface area contributed by atoms with Crippen LogP contribution >= 0.6 is 0 Å². The Bertz CT molecular complexity index is 1110. The summed E-state index contributed by atoms with van der Waals surface area (Å²) in [4.78, 5) is 21.1. The number of benzene rings is 2. The normalized spacial score (nSPS) is 15.8. The van der Waals surface area contributed by atoms with Gasteiger partial charge in [0.05, 0.1) is 6.04 Å². The van der Waals surface area contributed by atoms with Gasteiger partial charge < -0.3 is 9.42 Å². The first-order valence-corrected chi connectivity index (χ1v) is 10.2. The largest absolute Gasteiger partial charge is 0.337 e. The molecule has 1 aromatic heterocycles. The Labute approximate surface area is 179 Å². The molecule has 1 fully saturated rings. The number of carbonyl (C=O) groups is 1. The number of aryl methyl sites for hydroxylation is 2. The van der Waals surface area contributed by atoms with Crippen molar-refractivity contribution < 1.29 is 18.1 Å². The van der Waals surface area contributed by atoms with Gasteiger partial charge in [-0.2, -0.15) is 4.98 Å². The van der Waals surface area contributed by atoms with Gasteiger partial charge >= 0.3 is 0 Å². The Kier molecular flexibility index (Phi) is 5.82. The van der Waals surface area contributed by atoms with E-state index in [0.717, 1.165) is 0 Å². The van der Waals surface area contributed by atoms with Crippen LogP contribution in [0.1, 0.15) is 40.3 Å². The second-order valence-electron chi connectivity index (χ2n) is 7.89. The lowest BCUT2D eigenvalue weighted by atomic mass is 10.1. The average Bonchev–Trinajstić information content (AvgIpc) is 3.27. The predicted molar refractivity (Wildman–Crippen MR) is 111 cm³/mol. The quantitative estimate of drug-likeness (QED) is 0.627. The number of halogens is 2. The van der Waals surface area contributed by atoms with Crippen LogP contribution in [-0.4, -0.2) is 52.0 Å². The number of carbonyl (C=O) groups excluding carboxylic acids is 1. The molecule has 0 radical (unpaired) electrons. The Morgan fingerprint density at radius 3 is 2.42 bits per heavy atom. The van der Waals surface area contributed by atoms with E-state index in [1.165, 1.54) is 12.1 Å². The molecule has 1 amide bonds. The zero-order valence-corrected chi connectivity index (χ0v) is 17.7. The molecule has 3 aromatic rings. The molecule has 0 bridgehead atoms. The van der Waals surface area contributed by atoms with Crippen molar-refractivity contribution in [1.82, 2.24) is 19.9 Å². The van der Waals surface area contributed by atoms with E-state index in [9.17, 15) is 13.6 Å². The lowest BCUT2D eigenvalue weighted by Gasteiger charge is -2.36. The molecular weight excluding hydrogens is 402 g/mol. The monoisotopic (exact) mass is 426 g/mol. The molecule has 1 saturated heterocycles. The maximum Gasteiger partial charge on any atom is 0.254 e. The summed E-state index contributed by atoms with van der Waals surface area (Å²) in [6.07, 6.45) is 0. The van der Waals surface area contributed by atoms with Gasteiger partial charge in [0.1, 0.15) is 11.6 Å². The first-order chi connectivity index (χ1) is 14.8. The van der Waals surface area contributed by atoms with Gasteiger partial charge in [-0.05, 0) is 62.2 Å². The molecule has 31 heavy (non-hydrogen) atoms. The van der Waals surface area contributed by atoms with E-state index < -0.39 is 0 Å². The third-order valence-electron chi connectivity index (χ3n) is 5.78. The minimum Gasteiger partial charge on any atom is -0.337 e. The van der Waals surface area contributed by atoms with Crippen LogP contribution in [0.4, 0.5) is 8.78 Å². The summed E-state index contributed by atoms with van der Waals surface area (Å²) in [5, 5.41) is 4.04. The van der Waals surface area contributed by atoms with Gasteiger partial charge in [0.25, 0.3) is 5.91 Å². The van der Waals surface area contributed by atoms with E-state index in [1.807, 2.05) is 6.92 Å². The van der Waals surface area contributed by atoms with Crippen molar-refractivity contribution in [2.24, 2.45) is 0 Å². The van der Waals surface area contributed by atoms with Crippen LogP contribution in [-0.2, 0) is 0 Å². The molecule has 1 unspecified atom stereocenters. The van der Waals surface area contributed by atoms with Crippen LogP contribution < -0.4 is 0 Å². The Morgan fingerprint density at radius 1 is 1.00 bits per heavy atom. The van der Waals surface area contributed by atoms with E-state index in [-0.39, 0.29) is 23.6 Å². The molecular formula is C23H24F2N4O2. The molecule has 0 saturated carbocycles. The topological polar surface area (TPSA) is 62.5 Å². The maximum atomic E-state index is 13.8. The molecule has 0 spiro atoms.